The van der Waals surface area contributed by atoms with Crippen LogP contribution in [0.25, 0.3) is 10.8 Å². The number of fused-ring (bicyclic) bond motifs is 1. The van der Waals surface area contributed by atoms with E-state index in [9.17, 15) is 0 Å². The lowest BCUT2D eigenvalue weighted by molar-refractivity contribution is 1.06. The summed E-state index contributed by atoms with van der Waals surface area (Å²) in [6, 6.07) is 14.7. The predicted octanol–water partition coefficient (Wildman–Crippen LogP) is 4.22. The van der Waals surface area contributed by atoms with E-state index in [0.29, 0.717) is 0 Å². The lowest BCUT2D eigenvalue weighted by Crippen LogP contribution is -2.00. The number of hydrogen-bond acceptors (Lipinski definition) is 3. The maximum Gasteiger partial charge on any atom is 0.0898 e. The summed E-state index contributed by atoms with van der Waals surface area (Å²) in [6.07, 6.45) is 0. The van der Waals surface area contributed by atoms with Crippen LogP contribution in [0.5, 0.6) is 0 Å². The Morgan fingerprint density at radius 1 is 1.11 bits per heavy atom. The molecule has 0 aliphatic rings. The summed E-state index contributed by atoms with van der Waals surface area (Å²) in [5.41, 5.74) is 2.27. The molecule has 1 N–H and O–H groups in total. The molecule has 0 amide bonds. The minimum atomic E-state index is 0.776. The Balaban J connectivity index is 1.86. The standard InChI is InChI=1S/C15H14N2S/c1-11-17-13(10-18-11)9-16-15-8-4-6-12-5-2-3-7-14(12)15/h2-8,10,16H,9H2,1H3. The molecule has 0 saturated heterocycles. The maximum atomic E-state index is 4.46. The van der Waals surface area contributed by atoms with E-state index in [4.69, 9.17) is 0 Å². The van der Waals surface area contributed by atoms with Gasteiger partial charge >= 0.3 is 0 Å². The Kier molecular flexibility index (Phi) is 2.99. The highest BCUT2D eigenvalue weighted by molar-refractivity contribution is 7.09. The molecule has 0 spiro atoms. The predicted molar refractivity (Wildman–Crippen MR) is 78.1 cm³/mol. The lowest BCUT2D eigenvalue weighted by atomic mass is 10.1. The fraction of sp³-hybridized carbons (Fsp3) is 0.133. The van der Waals surface area contributed by atoms with Crippen LogP contribution >= 0.6 is 11.3 Å². The number of rotatable bonds is 3. The zero-order valence-corrected chi connectivity index (χ0v) is 11.0. The van der Waals surface area contributed by atoms with Crippen LogP contribution in [0.4, 0.5) is 5.69 Å². The van der Waals surface area contributed by atoms with Gasteiger partial charge < -0.3 is 5.32 Å². The second-order valence-electron chi connectivity index (χ2n) is 4.24. The molecular weight excluding hydrogens is 240 g/mol. The molecule has 0 fully saturated rings. The molecule has 0 radical (unpaired) electrons. The summed E-state index contributed by atoms with van der Waals surface area (Å²) in [7, 11) is 0. The minimum absolute atomic E-state index is 0.776. The molecule has 1 heterocycles. The zero-order valence-electron chi connectivity index (χ0n) is 10.2. The molecule has 0 bridgehead atoms. The Labute approximate surface area is 110 Å². The number of thiazole rings is 1. The van der Waals surface area contributed by atoms with Gasteiger partial charge in [0.2, 0.25) is 0 Å². The molecule has 0 saturated carbocycles. The SMILES string of the molecule is Cc1nc(CNc2cccc3ccccc23)cs1. The Bertz CT molecular complexity index is 668. The average Bonchev–Trinajstić information content (AvgIpc) is 2.82. The molecular formula is C15H14N2S. The lowest BCUT2D eigenvalue weighted by Gasteiger charge is -2.08. The average molecular weight is 254 g/mol. The summed E-state index contributed by atoms with van der Waals surface area (Å²) in [5, 5.41) is 9.20. The number of nitrogens with zero attached hydrogens (tertiary/aromatic N) is 1. The van der Waals surface area contributed by atoms with Crippen molar-refractivity contribution in [2.45, 2.75) is 13.5 Å². The summed E-state index contributed by atoms with van der Waals surface area (Å²) in [6.45, 7) is 2.81. The molecule has 2 aromatic carbocycles. The van der Waals surface area contributed by atoms with Gasteiger partial charge in [-0.05, 0) is 18.4 Å². The molecule has 3 rings (SSSR count). The second kappa shape index (κ2) is 4.78. The number of aromatic nitrogens is 1. The maximum absolute atomic E-state index is 4.46. The number of anilines is 1. The number of hydrogen-bond donors (Lipinski definition) is 1. The zero-order chi connectivity index (χ0) is 12.4. The largest absolute Gasteiger partial charge is 0.379 e. The third-order valence-electron chi connectivity index (χ3n) is 2.92. The first kappa shape index (κ1) is 11.2. The van der Waals surface area contributed by atoms with Gasteiger partial charge in [-0.1, -0.05) is 36.4 Å². The van der Waals surface area contributed by atoms with Crippen LogP contribution in [0.3, 0.4) is 0 Å². The van der Waals surface area contributed by atoms with Crippen molar-refractivity contribution in [2.24, 2.45) is 0 Å². The van der Waals surface area contributed by atoms with Crippen molar-refractivity contribution in [3.63, 3.8) is 0 Å². The van der Waals surface area contributed by atoms with E-state index in [2.05, 4.69) is 58.1 Å². The highest BCUT2D eigenvalue weighted by Crippen LogP contribution is 2.23. The van der Waals surface area contributed by atoms with Crippen LogP contribution in [0, 0.1) is 6.92 Å². The van der Waals surface area contributed by atoms with E-state index in [-0.39, 0.29) is 0 Å². The van der Waals surface area contributed by atoms with Crippen molar-refractivity contribution in [3.05, 3.63) is 58.5 Å². The van der Waals surface area contributed by atoms with E-state index in [1.54, 1.807) is 11.3 Å². The van der Waals surface area contributed by atoms with Crippen LogP contribution in [0.2, 0.25) is 0 Å². The fourth-order valence-corrected chi connectivity index (χ4v) is 2.67. The van der Waals surface area contributed by atoms with Gasteiger partial charge in [-0.2, -0.15) is 0 Å². The van der Waals surface area contributed by atoms with Gasteiger partial charge in [0.05, 0.1) is 17.2 Å². The molecule has 0 unspecified atom stereocenters. The molecule has 90 valence electrons. The van der Waals surface area contributed by atoms with Gasteiger partial charge in [-0.15, -0.1) is 11.3 Å². The summed E-state index contributed by atoms with van der Waals surface area (Å²) < 4.78 is 0. The summed E-state index contributed by atoms with van der Waals surface area (Å²) >= 11 is 1.69. The normalized spacial score (nSPS) is 10.7. The van der Waals surface area contributed by atoms with Gasteiger partial charge in [-0.25, -0.2) is 4.98 Å². The van der Waals surface area contributed by atoms with E-state index >= 15 is 0 Å². The molecule has 3 aromatic rings. The van der Waals surface area contributed by atoms with Crippen LogP contribution in [-0.2, 0) is 6.54 Å². The molecule has 1 aromatic heterocycles. The van der Waals surface area contributed by atoms with Gasteiger partial charge in [0.25, 0.3) is 0 Å². The first-order valence-corrected chi connectivity index (χ1v) is 6.83. The quantitative estimate of drug-likeness (QED) is 0.757. The van der Waals surface area contributed by atoms with Gasteiger partial charge in [0.15, 0.2) is 0 Å². The smallest absolute Gasteiger partial charge is 0.0898 e. The van der Waals surface area contributed by atoms with Gasteiger partial charge in [-0.3, -0.25) is 0 Å². The van der Waals surface area contributed by atoms with Crippen LogP contribution < -0.4 is 5.32 Å². The van der Waals surface area contributed by atoms with E-state index in [0.717, 1.165) is 17.2 Å². The molecule has 2 nitrogen and oxygen atoms in total. The molecule has 3 heteroatoms. The van der Waals surface area contributed by atoms with Crippen molar-refractivity contribution < 1.29 is 0 Å². The Morgan fingerprint density at radius 2 is 1.94 bits per heavy atom. The molecule has 0 atom stereocenters. The van der Waals surface area contributed by atoms with E-state index in [1.165, 1.54) is 16.5 Å². The van der Waals surface area contributed by atoms with Crippen molar-refractivity contribution in [2.75, 3.05) is 5.32 Å². The van der Waals surface area contributed by atoms with Crippen LogP contribution in [0.1, 0.15) is 10.7 Å². The second-order valence-corrected chi connectivity index (χ2v) is 5.30. The highest BCUT2D eigenvalue weighted by Gasteiger charge is 2.01. The highest BCUT2D eigenvalue weighted by atomic mass is 32.1. The minimum Gasteiger partial charge on any atom is -0.379 e. The Hall–Kier alpha value is -1.87. The van der Waals surface area contributed by atoms with Gasteiger partial charge in [0.1, 0.15) is 0 Å². The van der Waals surface area contributed by atoms with Crippen molar-refractivity contribution >= 4 is 27.8 Å². The third-order valence-corrected chi connectivity index (χ3v) is 3.74. The van der Waals surface area contributed by atoms with Crippen molar-refractivity contribution in [1.82, 2.24) is 4.98 Å². The number of nitrogens with one attached hydrogen (secondary N) is 1. The van der Waals surface area contributed by atoms with Crippen LogP contribution in [0.15, 0.2) is 47.8 Å². The molecule has 0 aliphatic heterocycles. The molecule has 0 aliphatic carbocycles. The number of aryl methyl sites for hydroxylation is 1. The molecule has 18 heavy (non-hydrogen) atoms. The first-order valence-electron chi connectivity index (χ1n) is 5.95. The summed E-state index contributed by atoms with van der Waals surface area (Å²) in [5.74, 6) is 0. The number of benzene rings is 2. The fourth-order valence-electron chi connectivity index (χ4n) is 2.05. The van der Waals surface area contributed by atoms with Crippen molar-refractivity contribution in [1.29, 1.82) is 0 Å². The van der Waals surface area contributed by atoms with Crippen LogP contribution in [-0.4, -0.2) is 4.98 Å². The summed E-state index contributed by atoms with van der Waals surface area (Å²) in [4.78, 5) is 4.46. The topological polar surface area (TPSA) is 24.9 Å². The monoisotopic (exact) mass is 254 g/mol. The van der Waals surface area contributed by atoms with Crippen molar-refractivity contribution in [3.8, 4) is 0 Å². The van der Waals surface area contributed by atoms with Gasteiger partial charge in [0, 0.05) is 16.5 Å². The first-order chi connectivity index (χ1) is 8.83. The van der Waals surface area contributed by atoms with E-state index in [1.807, 2.05) is 6.92 Å². The van der Waals surface area contributed by atoms with E-state index < -0.39 is 0 Å². The third kappa shape index (κ3) is 2.22. The Morgan fingerprint density at radius 3 is 2.78 bits per heavy atom.